The van der Waals surface area contributed by atoms with E-state index in [0.717, 1.165) is 31.4 Å². The molecule has 1 saturated carbocycles. The van der Waals surface area contributed by atoms with Crippen LogP contribution in [0.2, 0.25) is 0 Å². The molecule has 42 heavy (non-hydrogen) atoms. The molecule has 11 heteroatoms. The van der Waals surface area contributed by atoms with Crippen molar-refractivity contribution >= 4 is 11.7 Å². The first kappa shape index (κ1) is 29.1. The summed E-state index contributed by atoms with van der Waals surface area (Å²) < 4.78 is 18.3. The summed E-state index contributed by atoms with van der Waals surface area (Å²) >= 11 is 0. The first-order valence-corrected chi connectivity index (χ1v) is 15.1. The van der Waals surface area contributed by atoms with Crippen LogP contribution in [0.25, 0.3) is 0 Å². The lowest BCUT2D eigenvalue weighted by molar-refractivity contribution is -0.157. The normalized spacial score (nSPS) is 34.9. The van der Waals surface area contributed by atoms with Crippen LogP contribution in [-0.4, -0.2) is 110 Å². The van der Waals surface area contributed by atoms with Crippen molar-refractivity contribution in [3.8, 4) is 17.6 Å². The van der Waals surface area contributed by atoms with Gasteiger partial charge in [-0.2, -0.15) is 5.26 Å². The summed E-state index contributed by atoms with van der Waals surface area (Å²) in [4.78, 5) is 33.3. The van der Waals surface area contributed by atoms with Crippen LogP contribution in [0.5, 0.6) is 11.5 Å². The number of benzene rings is 1. The molecule has 1 amide bonds. The average molecular weight is 579 g/mol. The van der Waals surface area contributed by atoms with E-state index >= 15 is 0 Å². The lowest BCUT2D eigenvalue weighted by Gasteiger charge is -2.53. The van der Waals surface area contributed by atoms with Crippen LogP contribution in [0.15, 0.2) is 30.9 Å². The number of Topliss-reactive ketones (excluding diaryl/α,β-unsaturated/α-hetero) is 1. The molecule has 5 aliphatic rings. The second-order valence-corrected chi connectivity index (χ2v) is 12.3. The molecule has 3 saturated heterocycles. The lowest BCUT2D eigenvalue weighted by atomic mass is 9.70. The highest BCUT2D eigenvalue weighted by Crippen LogP contribution is 2.46. The average Bonchev–Trinajstić information content (AvgIpc) is 3.60. The van der Waals surface area contributed by atoms with Crippen molar-refractivity contribution in [1.82, 2.24) is 25.3 Å². The van der Waals surface area contributed by atoms with Gasteiger partial charge in [-0.3, -0.25) is 25.1 Å². The van der Waals surface area contributed by atoms with Crippen molar-refractivity contribution in [1.29, 1.82) is 5.26 Å². The number of rotatable bonds is 7. The highest BCUT2D eigenvalue weighted by molar-refractivity contribution is 5.95. The Kier molecular flexibility index (Phi) is 8.26. The Morgan fingerprint density at radius 1 is 1.26 bits per heavy atom. The van der Waals surface area contributed by atoms with Gasteiger partial charge in [-0.1, -0.05) is 12.6 Å². The molecule has 11 nitrogen and oxygen atoms in total. The van der Waals surface area contributed by atoms with E-state index in [-0.39, 0.29) is 36.2 Å². The predicted octanol–water partition coefficient (Wildman–Crippen LogP) is 1.24. The van der Waals surface area contributed by atoms with Gasteiger partial charge in [0.25, 0.3) is 0 Å². The summed E-state index contributed by atoms with van der Waals surface area (Å²) in [7, 11) is 3.75. The van der Waals surface area contributed by atoms with Gasteiger partial charge in [-0.05, 0) is 57.0 Å². The number of carbonyl (C=O) groups excluding carboxylic acids is 2. The van der Waals surface area contributed by atoms with E-state index < -0.39 is 18.0 Å². The molecule has 0 bridgehead atoms. The van der Waals surface area contributed by atoms with Crippen LogP contribution in [-0.2, 0) is 20.7 Å². The van der Waals surface area contributed by atoms with Crippen molar-refractivity contribution in [2.75, 3.05) is 46.9 Å². The number of piperazine rings is 1. The van der Waals surface area contributed by atoms with Gasteiger partial charge in [-0.25, -0.2) is 0 Å². The van der Waals surface area contributed by atoms with Gasteiger partial charge < -0.3 is 24.0 Å². The number of nitrogens with one attached hydrogen (secondary N) is 2. The number of hydrogen-bond acceptors (Lipinski definition) is 10. The third-order valence-electron chi connectivity index (χ3n) is 9.97. The van der Waals surface area contributed by atoms with E-state index in [2.05, 4.69) is 40.1 Å². The first-order valence-electron chi connectivity index (χ1n) is 15.1. The van der Waals surface area contributed by atoms with Crippen molar-refractivity contribution in [3.05, 3.63) is 36.4 Å². The van der Waals surface area contributed by atoms with E-state index in [0.29, 0.717) is 56.6 Å². The van der Waals surface area contributed by atoms with Crippen molar-refractivity contribution in [2.24, 2.45) is 5.92 Å². The van der Waals surface area contributed by atoms with Crippen LogP contribution in [0.1, 0.15) is 37.7 Å². The number of methoxy groups -OCH3 is 1. The minimum absolute atomic E-state index is 0.0247. The molecule has 6 unspecified atom stereocenters. The molecule has 1 aromatic carbocycles. The zero-order valence-electron chi connectivity index (χ0n) is 24.6. The summed E-state index contributed by atoms with van der Waals surface area (Å²) in [6, 6.07) is 7.65. The standard InChI is InChI=1S/C31H42N6O5/c1-4-26(38)37-15-14-36(18-21(37)10-12-32)29-24-9-11-31(17-20-7-8-23(40-3)16-25(20)42-31)28(39)27(24)33-30(34-29)41-19-22-6-5-13-35(22)2/h4,7-8,16,21-22,24,27,29-30,33-34H,1,5-6,9-11,13-15,17-19H2,2-3H3/t21?,22?,24?,27?,29?,30?,31-/m0/s1. The van der Waals surface area contributed by atoms with Crippen LogP contribution in [0.4, 0.5) is 0 Å². The maximum absolute atomic E-state index is 14.4. The fourth-order valence-corrected chi connectivity index (χ4v) is 7.62. The van der Waals surface area contributed by atoms with Crippen molar-refractivity contribution < 1.29 is 23.8 Å². The summed E-state index contributed by atoms with van der Waals surface area (Å²) in [6.07, 6.45) is 5.05. The molecule has 2 N–H and O–H groups in total. The summed E-state index contributed by atoms with van der Waals surface area (Å²) in [5, 5.41) is 16.7. The molecule has 1 aliphatic carbocycles. The number of nitrogens with zero attached hydrogens (tertiary/aromatic N) is 4. The van der Waals surface area contributed by atoms with Crippen molar-refractivity contribution in [3.63, 3.8) is 0 Å². The number of amides is 1. The van der Waals surface area contributed by atoms with Crippen molar-refractivity contribution in [2.45, 2.75) is 74.8 Å². The number of hydrogen-bond donors (Lipinski definition) is 2. The second-order valence-electron chi connectivity index (χ2n) is 12.3. The minimum Gasteiger partial charge on any atom is -0.497 e. The minimum atomic E-state index is -0.917. The molecule has 1 spiro atoms. The molecule has 0 radical (unpaired) electrons. The van der Waals surface area contributed by atoms with Gasteiger partial charge in [0.15, 0.2) is 17.7 Å². The zero-order valence-corrected chi connectivity index (χ0v) is 24.6. The van der Waals surface area contributed by atoms with Gasteiger partial charge in [0.1, 0.15) is 11.5 Å². The molecule has 4 fully saturated rings. The van der Waals surface area contributed by atoms with Gasteiger partial charge in [0.05, 0.1) is 44.5 Å². The molecule has 4 heterocycles. The number of ether oxygens (including phenoxy) is 3. The Morgan fingerprint density at radius 2 is 2.12 bits per heavy atom. The highest BCUT2D eigenvalue weighted by Gasteiger charge is 2.58. The van der Waals surface area contributed by atoms with Crippen LogP contribution >= 0.6 is 0 Å². The second kappa shape index (κ2) is 11.9. The van der Waals surface area contributed by atoms with Gasteiger partial charge in [0.2, 0.25) is 5.91 Å². The largest absolute Gasteiger partial charge is 0.497 e. The van der Waals surface area contributed by atoms with E-state index in [1.807, 2.05) is 18.2 Å². The van der Waals surface area contributed by atoms with Gasteiger partial charge in [0, 0.05) is 44.1 Å². The molecule has 1 aromatic rings. The lowest BCUT2D eigenvalue weighted by Crippen LogP contribution is -2.75. The Hall–Kier alpha value is -3.01. The maximum Gasteiger partial charge on any atom is 0.246 e. The number of nitriles is 1. The van der Waals surface area contributed by atoms with Gasteiger partial charge >= 0.3 is 0 Å². The molecular weight excluding hydrogens is 536 g/mol. The third kappa shape index (κ3) is 5.31. The summed E-state index contributed by atoms with van der Waals surface area (Å²) in [6.45, 7) is 6.92. The summed E-state index contributed by atoms with van der Waals surface area (Å²) in [5.74, 6) is 1.30. The smallest absolute Gasteiger partial charge is 0.246 e. The Balaban J connectivity index is 1.24. The molecule has 226 valence electrons. The SMILES string of the molecule is C=CC(=O)N1CCN(C2NC(OCC3CCCN3C)NC3C(=O)[C@]4(CCC32)Cc2ccc(OC)cc2O4)CC1CC#N. The maximum atomic E-state index is 14.4. The number of likely N-dealkylation sites (N-methyl/N-ethyl adjacent to an activating group) is 1. The third-order valence-corrected chi connectivity index (χ3v) is 9.97. The van der Waals surface area contributed by atoms with E-state index in [4.69, 9.17) is 14.2 Å². The van der Waals surface area contributed by atoms with Crippen LogP contribution < -0.4 is 20.1 Å². The Labute approximate surface area is 247 Å². The van der Waals surface area contributed by atoms with Crippen LogP contribution in [0, 0.1) is 17.2 Å². The summed E-state index contributed by atoms with van der Waals surface area (Å²) in [5.41, 5.74) is 0.104. The van der Waals surface area contributed by atoms with E-state index in [9.17, 15) is 14.9 Å². The highest BCUT2D eigenvalue weighted by atomic mass is 16.5. The molecule has 6 rings (SSSR count). The molecule has 0 aromatic heterocycles. The quantitative estimate of drug-likeness (QED) is 0.458. The Bertz CT molecular complexity index is 1250. The first-order chi connectivity index (χ1) is 20.4. The fraction of sp³-hybridized carbons (Fsp3) is 0.645. The van der Waals surface area contributed by atoms with E-state index in [1.54, 1.807) is 12.0 Å². The predicted molar refractivity (Wildman–Crippen MR) is 155 cm³/mol. The molecule has 4 aliphatic heterocycles. The number of ketones is 1. The Morgan fingerprint density at radius 3 is 2.86 bits per heavy atom. The number of likely N-dealkylation sites (tertiary alicyclic amines) is 1. The fourth-order valence-electron chi connectivity index (χ4n) is 7.62. The number of carbonyl (C=O) groups is 2. The van der Waals surface area contributed by atoms with E-state index in [1.165, 1.54) is 6.08 Å². The zero-order chi connectivity index (χ0) is 29.4. The monoisotopic (exact) mass is 578 g/mol. The molecular formula is C31H42N6O5. The molecule has 7 atom stereocenters. The topological polar surface area (TPSA) is 119 Å². The van der Waals surface area contributed by atoms with Gasteiger partial charge in [-0.15, -0.1) is 0 Å². The van der Waals surface area contributed by atoms with Crippen LogP contribution in [0.3, 0.4) is 0 Å². The number of fused-ring (bicyclic) bond motifs is 2.